The average molecular weight is 439 g/mol. The summed E-state index contributed by atoms with van der Waals surface area (Å²) < 4.78 is 10.1. The third-order valence-corrected chi connectivity index (χ3v) is 5.79. The summed E-state index contributed by atoms with van der Waals surface area (Å²) in [4.78, 5) is 27.6. The van der Waals surface area contributed by atoms with E-state index >= 15 is 0 Å². The SMILES string of the molecule is CCOC(=O)N1CCC2(CC1)C(C#N)=C(N)NC(S)=C2C(N)=O.CN1CCOCC1. The summed E-state index contributed by atoms with van der Waals surface area (Å²) in [5.74, 6) is -0.501. The average Bonchev–Trinajstić information content (AvgIpc) is 2.69. The van der Waals surface area contributed by atoms with E-state index in [-0.39, 0.29) is 28.6 Å². The van der Waals surface area contributed by atoms with E-state index < -0.39 is 17.4 Å². The van der Waals surface area contributed by atoms with Crippen molar-refractivity contribution in [2.75, 3.05) is 53.0 Å². The molecule has 30 heavy (non-hydrogen) atoms. The van der Waals surface area contributed by atoms with Crippen LogP contribution in [0.2, 0.25) is 0 Å². The molecule has 2 saturated heterocycles. The first-order valence-corrected chi connectivity index (χ1v) is 10.3. The molecule has 1 spiro atoms. The van der Waals surface area contributed by atoms with E-state index in [1.807, 2.05) is 0 Å². The molecule has 0 unspecified atom stereocenters. The Labute approximate surface area is 182 Å². The lowest BCUT2D eigenvalue weighted by atomic mass is 9.66. The number of nitrogens with zero attached hydrogens (tertiary/aromatic N) is 3. The zero-order valence-electron chi connectivity index (χ0n) is 17.4. The number of piperidine rings is 1. The van der Waals surface area contributed by atoms with Crippen molar-refractivity contribution in [1.29, 1.82) is 5.26 Å². The molecule has 166 valence electrons. The Morgan fingerprint density at radius 1 is 1.30 bits per heavy atom. The second-order valence-corrected chi connectivity index (χ2v) is 7.74. The number of carbonyl (C=O) groups excluding carboxylic acids is 2. The lowest BCUT2D eigenvalue weighted by molar-refractivity contribution is -0.115. The van der Waals surface area contributed by atoms with Gasteiger partial charge in [-0.3, -0.25) is 4.79 Å². The maximum atomic E-state index is 11.9. The van der Waals surface area contributed by atoms with E-state index in [2.05, 4.69) is 36.0 Å². The standard InChI is InChI=1S/C14H19N5O3S.C5H11NO/c1-2-22-13(21)19-5-3-14(4-6-19)8(7-15)10(16)18-12(23)9(14)11(17)20;1-6-2-4-7-5-3-6/h18,23H,2-6,16H2,1H3,(H2,17,20);2-5H2,1H3. The molecule has 0 aromatic heterocycles. The molecule has 3 aliphatic heterocycles. The van der Waals surface area contributed by atoms with Gasteiger partial charge < -0.3 is 36.1 Å². The van der Waals surface area contributed by atoms with Crippen molar-refractivity contribution in [3.05, 3.63) is 22.0 Å². The van der Waals surface area contributed by atoms with Crippen molar-refractivity contribution in [3.63, 3.8) is 0 Å². The quantitative estimate of drug-likeness (QED) is 0.444. The summed E-state index contributed by atoms with van der Waals surface area (Å²) in [5, 5.41) is 12.5. The number of hydrogen-bond acceptors (Lipinski definition) is 9. The summed E-state index contributed by atoms with van der Waals surface area (Å²) in [6.45, 7) is 6.69. The molecule has 0 aromatic rings. The van der Waals surface area contributed by atoms with Gasteiger partial charge in [0.15, 0.2) is 0 Å². The van der Waals surface area contributed by atoms with E-state index in [0.29, 0.717) is 25.9 Å². The molecule has 0 bridgehead atoms. The lowest BCUT2D eigenvalue weighted by Gasteiger charge is -2.44. The predicted octanol–water partition coefficient (Wildman–Crippen LogP) is 0.0973. The predicted molar refractivity (Wildman–Crippen MR) is 114 cm³/mol. The van der Waals surface area contributed by atoms with E-state index in [0.717, 1.165) is 26.3 Å². The number of nitrogens with one attached hydrogen (secondary N) is 1. The van der Waals surface area contributed by atoms with Crippen molar-refractivity contribution < 1.29 is 19.1 Å². The van der Waals surface area contributed by atoms with Crippen LogP contribution in [-0.2, 0) is 14.3 Å². The highest BCUT2D eigenvalue weighted by atomic mass is 32.1. The number of carbonyl (C=O) groups is 2. The second-order valence-electron chi connectivity index (χ2n) is 7.30. The molecule has 0 aliphatic carbocycles. The highest BCUT2D eigenvalue weighted by Gasteiger charge is 2.49. The molecule has 2 amide bonds. The smallest absolute Gasteiger partial charge is 0.409 e. The van der Waals surface area contributed by atoms with Gasteiger partial charge in [0.2, 0.25) is 5.91 Å². The van der Waals surface area contributed by atoms with Gasteiger partial charge in [-0.1, -0.05) is 0 Å². The summed E-state index contributed by atoms with van der Waals surface area (Å²) in [7, 11) is 2.11. The monoisotopic (exact) mass is 438 g/mol. The highest BCUT2D eigenvalue weighted by Crippen LogP contribution is 2.48. The minimum atomic E-state index is -0.921. The Bertz CT molecular complexity index is 761. The Kier molecular flexibility index (Phi) is 8.40. The summed E-state index contributed by atoms with van der Waals surface area (Å²) in [6, 6.07) is 2.07. The number of likely N-dealkylation sites (N-methyl/N-ethyl adjacent to an activating group) is 1. The van der Waals surface area contributed by atoms with Crippen molar-refractivity contribution in [1.82, 2.24) is 15.1 Å². The molecule has 0 radical (unpaired) electrons. The number of likely N-dealkylation sites (tertiary alicyclic amines) is 1. The van der Waals surface area contributed by atoms with Gasteiger partial charge in [-0.05, 0) is 26.8 Å². The molecule has 0 saturated carbocycles. The Morgan fingerprint density at radius 3 is 2.33 bits per heavy atom. The molecule has 0 aromatic carbocycles. The number of primary amides is 1. The van der Waals surface area contributed by atoms with Crippen molar-refractivity contribution in [2.45, 2.75) is 19.8 Å². The number of nitriles is 1. The second kappa shape index (κ2) is 10.6. The van der Waals surface area contributed by atoms with E-state index in [4.69, 9.17) is 20.9 Å². The number of nitrogens with two attached hydrogens (primary N) is 2. The van der Waals surface area contributed by atoms with E-state index in [9.17, 15) is 14.9 Å². The minimum absolute atomic E-state index is 0.159. The van der Waals surface area contributed by atoms with Crippen LogP contribution in [0.5, 0.6) is 0 Å². The van der Waals surface area contributed by atoms with Crippen LogP contribution in [0.25, 0.3) is 0 Å². The fourth-order valence-electron chi connectivity index (χ4n) is 3.82. The Balaban J connectivity index is 0.000000386. The largest absolute Gasteiger partial charge is 0.450 e. The van der Waals surface area contributed by atoms with Crippen molar-refractivity contribution >= 4 is 24.6 Å². The van der Waals surface area contributed by atoms with Crippen LogP contribution in [0.3, 0.4) is 0 Å². The maximum absolute atomic E-state index is 11.9. The van der Waals surface area contributed by atoms with Gasteiger partial charge in [-0.15, -0.1) is 12.6 Å². The Hall–Kier alpha value is -2.42. The van der Waals surface area contributed by atoms with Crippen molar-refractivity contribution in [3.8, 4) is 6.07 Å². The number of thiol groups is 1. The number of rotatable bonds is 2. The zero-order valence-corrected chi connectivity index (χ0v) is 18.3. The van der Waals surface area contributed by atoms with Gasteiger partial charge in [0.05, 0.1) is 42.1 Å². The molecule has 10 nitrogen and oxygen atoms in total. The summed E-state index contributed by atoms with van der Waals surface area (Å²) in [6.07, 6.45) is 0.279. The third-order valence-electron chi connectivity index (χ3n) is 5.45. The molecule has 3 rings (SSSR count). The molecule has 3 heterocycles. The van der Waals surface area contributed by atoms with E-state index in [1.165, 1.54) is 0 Å². The van der Waals surface area contributed by atoms with Gasteiger partial charge >= 0.3 is 6.09 Å². The van der Waals surface area contributed by atoms with Crippen LogP contribution >= 0.6 is 12.6 Å². The topological polar surface area (TPSA) is 147 Å². The molecule has 2 fully saturated rings. The molecule has 11 heteroatoms. The molecular weight excluding hydrogens is 408 g/mol. The first-order chi connectivity index (χ1) is 14.3. The van der Waals surface area contributed by atoms with Crippen LogP contribution in [0.1, 0.15) is 19.8 Å². The molecule has 3 aliphatic rings. The maximum Gasteiger partial charge on any atom is 0.409 e. The number of hydrogen-bond donors (Lipinski definition) is 4. The van der Waals surface area contributed by atoms with Crippen LogP contribution in [-0.4, -0.2) is 74.8 Å². The van der Waals surface area contributed by atoms with Crippen LogP contribution < -0.4 is 16.8 Å². The lowest BCUT2D eigenvalue weighted by Crippen LogP contribution is -2.50. The van der Waals surface area contributed by atoms with Gasteiger partial charge in [0, 0.05) is 31.6 Å². The summed E-state index contributed by atoms with van der Waals surface area (Å²) in [5.41, 5.74) is 11.0. The number of dihydropyridines is 1. The normalized spacial score (nSPS) is 21.3. The van der Waals surface area contributed by atoms with Gasteiger partial charge in [0.1, 0.15) is 5.82 Å². The highest BCUT2D eigenvalue weighted by molar-refractivity contribution is 7.84. The Morgan fingerprint density at radius 2 is 1.90 bits per heavy atom. The fraction of sp³-hybridized carbons (Fsp3) is 0.632. The third kappa shape index (κ3) is 5.19. The molecule has 5 N–H and O–H groups in total. The van der Waals surface area contributed by atoms with Crippen LogP contribution in [0, 0.1) is 16.7 Å². The van der Waals surface area contributed by atoms with E-state index in [1.54, 1.807) is 11.8 Å². The first kappa shape index (κ1) is 23.9. The molecular formula is C19H30N6O4S. The zero-order chi connectivity index (χ0) is 22.3. The van der Waals surface area contributed by atoms with Gasteiger partial charge in [-0.2, -0.15) is 5.26 Å². The van der Waals surface area contributed by atoms with Crippen LogP contribution in [0.15, 0.2) is 22.0 Å². The number of allylic oxidation sites excluding steroid dienone is 1. The van der Waals surface area contributed by atoms with Crippen LogP contribution in [0.4, 0.5) is 4.79 Å². The van der Waals surface area contributed by atoms with Gasteiger partial charge in [0.25, 0.3) is 0 Å². The fourth-order valence-corrected chi connectivity index (χ4v) is 4.27. The number of amides is 2. The van der Waals surface area contributed by atoms with Gasteiger partial charge in [-0.25, -0.2) is 4.79 Å². The number of morpholine rings is 1. The van der Waals surface area contributed by atoms with Crippen molar-refractivity contribution in [2.24, 2.45) is 16.9 Å². The minimum Gasteiger partial charge on any atom is -0.450 e. The number of ether oxygens (including phenoxy) is 2. The summed E-state index contributed by atoms with van der Waals surface area (Å²) >= 11 is 4.25. The first-order valence-electron chi connectivity index (χ1n) is 9.85. The molecule has 0 atom stereocenters.